The molecule has 1 aliphatic rings. The molecular formula is C37H41N3O8S. The van der Waals surface area contributed by atoms with Crippen LogP contribution < -0.4 is 19.5 Å². The number of amides is 2. The van der Waals surface area contributed by atoms with Gasteiger partial charge in [-0.25, -0.2) is 8.42 Å². The molecule has 1 unspecified atom stereocenters. The first-order valence-electron chi connectivity index (χ1n) is 15.9. The number of carbonyl (C=O) groups excluding carboxylic acids is 2. The molecule has 5 rings (SSSR count). The van der Waals surface area contributed by atoms with Gasteiger partial charge in [0, 0.05) is 32.6 Å². The molecule has 0 aliphatic carbocycles. The normalized spacial score (nSPS) is 14.0. The van der Waals surface area contributed by atoms with E-state index in [-0.39, 0.29) is 50.0 Å². The van der Waals surface area contributed by atoms with Crippen molar-refractivity contribution in [2.45, 2.75) is 30.4 Å². The van der Waals surface area contributed by atoms with Gasteiger partial charge in [-0.05, 0) is 65.2 Å². The van der Waals surface area contributed by atoms with E-state index in [1.165, 1.54) is 33.5 Å². The molecule has 1 heterocycles. The minimum absolute atomic E-state index is 0.130. The van der Waals surface area contributed by atoms with Crippen molar-refractivity contribution in [2.24, 2.45) is 0 Å². The lowest BCUT2D eigenvalue weighted by Crippen LogP contribution is -2.51. The molecule has 4 aromatic rings. The number of morpholine rings is 1. The van der Waals surface area contributed by atoms with Crippen molar-refractivity contribution in [3.63, 3.8) is 0 Å². The number of benzene rings is 4. The average Bonchev–Trinajstić information content (AvgIpc) is 3.15. The number of rotatable bonds is 15. The molecule has 0 saturated carbocycles. The maximum Gasteiger partial charge on any atom is 0.261 e. The Morgan fingerprint density at radius 1 is 0.776 bits per heavy atom. The molecule has 1 aliphatic heterocycles. The van der Waals surface area contributed by atoms with Crippen LogP contribution in [0.1, 0.15) is 16.7 Å². The number of sulfonamides is 1. The Balaban J connectivity index is 1.36. The van der Waals surface area contributed by atoms with Gasteiger partial charge in [-0.1, -0.05) is 54.6 Å². The van der Waals surface area contributed by atoms with E-state index < -0.39 is 22.0 Å². The van der Waals surface area contributed by atoms with Gasteiger partial charge in [-0.3, -0.25) is 9.59 Å². The third-order valence-electron chi connectivity index (χ3n) is 8.20. The number of nitrogens with zero attached hydrogens (tertiary/aromatic N) is 2. The van der Waals surface area contributed by atoms with E-state index in [2.05, 4.69) is 5.32 Å². The molecule has 12 heteroatoms. The predicted octanol–water partition coefficient (Wildman–Crippen LogP) is 4.06. The van der Waals surface area contributed by atoms with Gasteiger partial charge in [0.05, 0.1) is 32.3 Å². The second-order valence-electron chi connectivity index (χ2n) is 11.4. The van der Waals surface area contributed by atoms with Gasteiger partial charge in [-0.15, -0.1) is 0 Å². The van der Waals surface area contributed by atoms with E-state index in [0.717, 1.165) is 16.7 Å². The van der Waals surface area contributed by atoms with Crippen molar-refractivity contribution in [1.82, 2.24) is 14.5 Å². The van der Waals surface area contributed by atoms with E-state index in [4.69, 9.17) is 18.9 Å². The number of methoxy groups -OCH3 is 2. The summed E-state index contributed by atoms with van der Waals surface area (Å²) in [6.07, 6.45) is 0.269. The Kier molecular flexibility index (Phi) is 12.3. The number of hydrogen-bond acceptors (Lipinski definition) is 8. The maximum absolute atomic E-state index is 14.0. The molecule has 2 amide bonds. The van der Waals surface area contributed by atoms with Gasteiger partial charge in [0.25, 0.3) is 5.91 Å². The Bertz CT molecular complexity index is 1760. The van der Waals surface area contributed by atoms with E-state index in [9.17, 15) is 18.0 Å². The Labute approximate surface area is 287 Å². The number of carbonyl (C=O) groups is 2. The number of hydrogen-bond donors (Lipinski definition) is 1. The molecule has 1 saturated heterocycles. The van der Waals surface area contributed by atoms with Crippen molar-refractivity contribution in [3.8, 4) is 17.2 Å². The van der Waals surface area contributed by atoms with Crippen LogP contribution in [0.4, 0.5) is 0 Å². The van der Waals surface area contributed by atoms with Crippen LogP contribution in [-0.4, -0.2) is 82.6 Å². The van der Waals surface area contributed by atoms with Gasteiger partial charge in [0.1, 0.15) is 23.3 Å². The lowest BCUT2D eigenvalue weighted by molar-refractivity contribution is -0.142. The summed E-state index contributed by atoms with van der Waals surface area (Å²) in [6, 6.07) is 29.3. The molecule has 4 aromatic carbocycles. The zero-order chi connectivity index (χ0) is 34.6. The monoisotopic (exact) mass is 687 g/mol. The van der Waals surface area contributed by atoms with Gasteiger partial charge < -0.3 is 29.2 Å². The van der Waals surface area contributed by atoms with E-state index in [1.807, 2.05) is 66.7 Å². The largest absolute Gasteiger partial charge is 0.497 e. The smallest absolute Gasteiger partial charge is 0.261 e. The van der Waals surface area contributed by atoms with Crippen LogP contribution in [0.2, 0.25) is 0 Å². The summed E-state index contributed by atoms with van der Waals surface area (Å²) >= 11 is 0. The molecule has 49 heavy (non-hydrogen) atoms. The van der Waals surface area contributed by atoms with Gasteiger partial charge in [-0.2, -0.15) is 4.31 Å². The topological polar surface area (TPSA) is 124 Å². The first-order valence-corrected chi connectivity index (χ1v) is 17.4. The highest BCUT2D eigenvalue weighted by Gasteiger charge is 2.31. The van der Waals surface area contributed by atoms with Gasteiger partial charge in [0.2, 0.25) is 15.9 Å². The van der Waals surface area contributed by atoms with E-state index >= 15 is 0 Å². The van der Waals surface area contributed by atoms with Crippen LogP contribution in [0.15, 0.2) is 108 Å². The van der Waals surface area contributed by atoms with Crippen LogP contribution in [-0.2, 0) is 43.9 Å². The highest BCUT2D eigenvalue weighted by Crippen LogP contribution is 2.22. The fraction of sp³-hybridized carbons (Fsp3) is 0.297. The fourth-order valence-corrected chi connectivity index (χ4v) is 6.81. The van der Waals surface area contributed by atoms with Crippen molar-refractivity contribution < 1.29 is 37.0 Å². The van der Waals surface area contributed by atoms with Crippen LogP contribution >= 0.6 is 0 Å². The molecule has 0 aromatic heterocycles. The summed E-state index contributed by atoms with van der Waals surface area (Å²) < 4.78 is 49.2. The summed E-state index contributed by atoms with van der Waals surface area (Å²) in [6.45, 7) is 1.29. The van der Waals surface area contributed by atoms with Gasteiger partial charge in [0.15, 0.2) is 6.61 Å². The molecule has 0 spiro atoms. The second kappa shape index (κ2) is 17.0. The van der Waals surface area contributed by atoms with E-state index in [1.54, 1.807) is 26.4 Å². The zero-order valence-electron chi connectivity index (χ0n) is 27.6. The zero-order valence-corrected chi connectivity index (χ0v) is 28.4. The number of nitrogens with one attached hydrogen (secondary N) is 1. The molecule has 11 nitrogen and oxygen atoms in total. The SMILES string of the molecule is COc1ccc(CNC(=O)C(Cc2ccccc2)N(Cc2ccc(OC)cc2)C(=O)COc2ccc(S(=O)(=O)N3CCOCC3)cc2)cc1. The van der Waals surface area contributed by atoms with E-state index in [0.29, 0.717) is 30.5 Å². The van der Waals surface area contributed by atoms with Crippen LogP contribution in [0.3, 0.4) is 0 Å². The molecular weight excluding hydrogens is 646 g/mol. The van der Waals surface area contributed by atoms with Gasteiger partial charge >= 0.3 is 0 Å². The standard InChI is InChI=1S/C37H41N3O8S/c1-45-31-12-8-29(9-13-31)25-38-37(42)35(24-28-6-4-3-5-7-28)40(26-30-10-14-32(46-2)15-11-30)36(41)27-48-33-16-18-34(19-17-33)49(43,44)39-20-22-47-23-21-39/h3-19,35H,20-27H2,1-2H3,(H,38,42). The third-order valence-corrected chi connectivity index (χ3v) is 10.1. The van der Waals surface area contributed by atoms with Crippen molar-refractivity contribution in [2.75, 3.05) is 47.1 Å². The second-order valence-corrected chi connectivity index (χ2v) is 13.4. The summed E-state index contributed by atoms with van der Waals surface area (Å²) in [7, 11) is -0.508. The highest BCUT2D eigenvalue weighted by molar-refractivity contribution is 7.89. The molecule has 0 radical (unpaired) electrons. The Hall–Kier alpha value is -4.91. The highest BCUT2D eigenvalue weighted by atomic mass is 32.2. The quantitative estimate of drug-likeness (QED) is 0.199. The lowest BCUT2D eigenvalue weighted by atomic mass is 10.0. The Morgan fingerprint density at radius 3 is 1.94 bits per heavy atom. The van der Waals surface area contributed by atoms with Crippen molar-refractivity contribution >= 4 is 21.8 Å². The minimum atomic E-state index is -3.68. The third kappa shape index (κ3) is 9.59. The lowest BCUT2D eigenvalue weighted by Gasteiger charge is -2.31. The maximum atomic E-state index is 14.0. The molecule has 1 N–H and O–H groups in total. The summed E-state index contributed by atoms with van der Waals surface area (Å²) in [5, 5.41) is 3.01. The van der Waals surface area contributed by atoms with Crippen LogP contribution in [0.25, 0.3) is 0 Å². The fourth-order valence-electron chi connectivity index (χ4n) is 5.40. The molecule has 1 fully saturated rings. The molecule has 0 bridgehead atoms. The van der Waals surface area contributed by atoms with Crippen LogP contribution in [0, 0.1) is 0 Å². The first kappa shape index (κ1) is 35.4. The van der Waals surface area contributed by atoms with Crippen molar-refractivity contribution in [1.29, 1.82) is 0 Å². The summed E-state index contributed by atoms with van der Waals surface area (Å²) in [5.74, 6) is 0.964. The minimum Gasteiger partial charge on any atom is -0.497 e. The van der Waals surface area contributed by atoms with Crippen LogP contribution in [0.5, 0.6) is 17.2 Å². The molecule has 258 valence electrons. The first-order chi connectivity index (χ1) is 23.8. The predicted molar refractivity (Wildman–Crippen MR) is 184 cm³/mol. The summed E-state index contributed by atoms with van der Waals surface area (Å²) in [5.41, 5.74) is 2.56. The molecule has 1 atom stereocenters. The number of ether oxygens (including phenoxy) is 4. The average molecular weight is 688 g/mol. The Morgan fingerprint density at radius 2 is 1.35 bits per heavy atom. The summed E-state index contributed by atoms with van der Waals surface area (Å²) in [4.78, 5) is 29.6. The van der Waals surface area contributed by atoms with Crippen molar-refractivity contribution in [3.05, 3.63) is 120 Å².